The van der Waals surface area contributed by atoms with E-state index in [4.69, 9.17) is 0 Å². The Labute approximate surface area is 120 Å². The minimum absolute atomic E-state index is 0.0149. The van der Waals surface area contributed by atoms with Gasteiger partial charge in [0.1, 0.15) is 5.82 Å². The van der Waals surface area contributed by atoms with Crippen LogP contribution in [0.3, 0.4) is 0 Å². The summed E-state index contributed by atoms with van der Waals surface area (Å²) < 4.78 is 13.3. The minimum Gasteiger partial charge on any atom is -0.338 e. The Balaban J connectivity index is 2.11. The molecule has 110 valence electrons. The highest BCUT2D eigenvalue weighted by atomic mass is 19.1. The van der Waals surface area contributed by atoms with Crippen molar-refractivity contribution >= 4 is 5.91 Å². The molecule has 0 bridgehead atoms. The Bertz CT molecular complexity index is 489. The van der Waals surface area contributed by atoms with Crippen LogP contribution < -0.4 is 5.32 Å². The first-order valence-corrected chi connectivity index (χ1v) is 7.29. The average molecular weight is 278 g/mol. The van der Waals surface area contributed by atoms with E-state index in [0.717, 1.165) is 25.9 Å². The number of nitrogens with one attached hydrogen (secondary N) is 1. The lowest BCUT2D eigenvalue weighted by Crippen LogP contribution is -2.50. The highest BCUT2D eigenvalue weighted by Crippen LogP contribution is 2.22. The van der Waals surface area contributed by atoms with Gasteiger partial charge in [0.05, 0.1) is 0 Å². The van der Waals surface area contributed by atoms with E-state index in [1.165, 1.54) is 6.07 Å². The van der Waals surface area contributed by atoms with E-state index in [-0.39, 0.29) is 11.7 Å². The van der Waals surface area contributed by atoms with Gasteiger partial charge in [-0.05, 0) is 50.1 Å². The molecular weight excluding hydrogens is 255 g/mol. The first-order valence-electron chi connectivity index (χ1n) is 7.29. The smallest absolute Gasteiger partial charge is 0.253 e. The number of hydrogen-bond acceptors (Lipinski definition) is 2. The molecule has 1 aliphatic heterocycles. The van der Waals surface area contributed by atoms with Crippen molar-refractivity contribution in [3.8, 4) is 0 Å². The third-order valence-electron chi connectivity index (χ3n) is 4.32. The normalized spacial score (nSPS) is 22.9. The molecule has 0 aliphatic carbocycles. The Morgan fingerprint density at radius 2 is 2.25 bits per heavy atom. The number of carbonyl (C=O) groups excluding carboxylic acids is 1. The molecule has 0 radical (unpaired) electrons. The number of likely N-dealkylation sites (tertiary alicyclic amines) is 1. The molecule has 1 aromatic rings. The highest BCUT2D eigenvalue weighted by molar-refractivity contribution is 5.94. The molecule has 1 heterocycles. The molecule has 1 N–H and O–H groups in total. The lowest BCUT2D eigenvalue weighted by Gasteiger charge is -2.38. The van der Waals surface area contributed by atoms with Gasteiger partial charge in [-0.25, -0.2) is 4.39 Å². The molecule has 0 saturated carbocycles. The maximum absolute atomic E-state index is 13.3. The molecule has 1 amide bonds. The van der Waals surface area contributed by atoms with Gasteiger partial charge in [0.25, 0.3) is 5.91 Å². The second-order valence-corrected chi connectivity index (χ2v) is 5.57. The van der Waals surface area contributed by atoms with Crippen LogP contribution in [-0.2, 0) is 0 Å². The first kappa shape index (κ1) is 15.0. The summed E-state index contributed by atoms with van der Waals surface area (Å²) >= 11 is 0. The third kappa shape index (κ3) is 3.01. The van der Waals surface area contributed by atoms with Gasteiger partial charge in [-0.1, -0.05) is 13.3 Å². The number of halogens is 1. The quantitative estimate of drug-likeness (QED) is 0.921. The SMILES string of the molecule is CCC1CN(C(=O)c2ccc(F)c(C)c2)CCC1NC. The molecule has 2 atom stereocenters. The second-order valence-electron chi connectivity index (χ2n) is 5.57. The summed E-state index contributed by atoms with van der Waals surface area (Å²) in [7, 11) is 1.98. The molecule has 1 aromatic carbocycles. The fourth-order valence-electron chi connectivity index (χ4n) is 2.97. The van der Waals surface area contributed by atoms with Gasteiger partial charge < -0.3 is 10.2 Å². The summed E-state index contributed by atoms with van der Waals surface area (Å²) in [5.74, 6) is 0.238. The van der Waals surface area contributed by atoms with Gasteiger partial charge in [-0.15, -0.1) is 0 Å². The Kier molecular flexibility index (Phi) is 4.76. The van der Waals surface area contributed by atoms with Crippen molar-refractivity contribution < 1.29 is 9.18 Å². The summed E-state index contributed by atoms with van der Waals surface area (Å²) in [6.45, 7) is 5.38. The highest BCUT2D eigenvalue weighted by Gasteiger charge is 2.29. The van der Waals surface area contributed by atoms with Crippen LogP contribution in [0.15, 0.2) is 18.2 Å². The topological polar surface area (TPSA) is 32.3 Å². The third-order valence-corrected chi connectivity index (χ3v) is 4.32. The zero-order chi connectivity index (χ0) is 14.7. The summed E-state index contributed by atoms with van der Waals surface area (Å²) in [4.78, 5) is 14.4. The van der Waals surface area contributed by atoms with Crippen LogP contribution in [0.4, 0.5) is 4.39 Å². The van der Waals surface area contributed by atoms with Crippen LogP contribution in [0.25, 0.3) is 0 Å². The van der Waals surface area contributed by atoms with E-state index in [2.05, 4.69) is 12.2 Å². The second kappa shape index (κ2) is 6.35. The van der Waals surface area contributed by atoms with Crippen molar-refractivity contribution in [2.24, 2.45) is 5.92 Å². The molecule has 1 fully saturated rings. The summed E-state index contributed by atoms with van der Waals surface area (Å²) in [6.07, 6.45) is 2.03. The predicted molar refractivity (Wildman–Crippen MR) is 78.3 cm³/mol. The number of carbonyl (C=O) groups is 1. The maximum Gasteiger partial charge on any atom is 0.253 e. The summed E-state index contributed by atoms with van der Waals surface area (Å²) in [6, 6.07) is 5.08. The zero-order valence-corrected chi connectivity index (χ0v) is 12.4. The first-order chi connectivity index (χ1) is 9.56. The van der Waals surface area contributed by atoms with Gasteiger partial charge in [0.2, 0.25) is 0 Å². The Hall–Kier alpha value is -1.42. The molecule has 1 saturated heterocycles. The van der Waals surface area contributed by atoms with E-state index in [0.29, 0.717) is 23.1 Å². The van der Waals surface area contributed by atoms with Crippen LogP contribution in [0.5, 0.6) is 0 Å². The van der Waals surface area contributed by atoms with Crippen molar-refractivity contribution in [1.82, 2.24) is 10.2 Å². The Morgan fingerprint density at radius 3 is 2.85 bits per heavy atom. The van der Waals surface area contributed by atoms with Gasteiger partial charge in [-0.2, -0.15) is 0 Å². The number of hydrogen-bond donors (Lipinski definition) is 1. The summed E-state index contributed by atoms with van der Waals surface area (Å²) in [5.41, 5.74) is 1.11. The van der Waals surface area contributed by atoms with Crippen molar-refractivity contribution in [2.45, 2.75) is 32.7 Å². The van der Waals surface area contributed by atoms with Crippen LogP contribution in [0, 0.1) is 18.7 Å². The molecule has 1 aliphatic rings. The minimum atomic E-state index is -0.262. The monoisotopic (exact) mass is 278 g/mol. The molecule has 2 rings (SSSR count). The fourth-order valence-corrected chi connectivity index (χ4v) is 2.97. The molecular formula is C16H23FN2O. The van der Waals surface area contributed by atoms with Crippen molar-refractivity contribution in [1.29, 1.82) is 0 Å². The van der Waals surface area contributed by atoms with Crippen molar-refractivity contribution in [2.75, 3.05) is 20.1 Å². The number of amides is 1. The van der Waals surface area contributed by atoms with Gasteiger partial charge >= 0.3 is 0 Å². The lowest BCUT2D eigenvalue weighted by molar-refractivity contribution is 0.0631. The Morgan fingerprint density at radius 1 is 1.50 bits per heavy atom. The van der Waals surface area contributed by atoms with Crippen molar-refractivity contribution in [3.05, 3.63) is 35.1 Å². The molecule has 0 aromatic heterocycles. The standard InChI is InChI=1S/C16H23FN2O/c1-4-12-10-19(8-7-15(12)18-3)16(20)13-5-6-14(17)11(2)9-13/h5-6,9,12,15,18H,4,7-8,10H2,1-3H3. The van der Waals surface area contributed by atoms with Crippen molar-refractivity contribution in [3.63, 3.8) is 0 Å². The lowest BCUT2D eigenvalue weighted by atomic mass is 9.89. The largest absolute Gasteiger partial charge is 0.338 e. The van der Waals surface area contributed by atoms with E-state index < -0.39 is 0 Å². The van der Waals surface area contributed by atoms with Crippen LogP contribution in [0.2, 0.25) is 0 Å². The zero-order valence-electron chi connectivity index (χ0n) is 12.4. The molecule has 4 heteroatoms. The maximum atomic E-state index is 13.3. The van der Waals surface area contributed by atoms with E-state index in [1.807, 2.05) is 11.9 Å². The predicted octanol–water partition coefficient (Wildman–Crippen LogP) is 2.59. The van der Waals surface area contributed by atoms with Crippen LogP contribution in [0.1, 0.15) is 35.7 Å². The number of rotatable bonds is 3. The fraction of sp³-hybridized carbons (Fsp3) is 0.562. The van der Waals surface area contributed by atoms with Gasteiger partial charge in [-0.3, -0.25) is 4.79 Å². The summed E-state index contributed by atoms with van der Waals surface area (Å²) in [5, 5.41) is 3.33. The van der Waals surface area contributed by atoms with E-state index >= 15 is 0 Å². The molecule has 20 heavy (non-hydrogen) atoms. The average Bonchev–Trinajstić information content (AvgIpc) is 2.48. The van der Waals surface area contributed by atoms with Gasteiger partial charge in [0.15, 0.2) is 0 Å². The number of nitrogens with zero attached hydrogens (tertiary/aromatic N) is 1. The number of piperidine rings is 1. The van der Waals surface area contributed by atoms with E-state index in [1.54, 1.807) is 19.1 Å². The van der Waals surface area contributed by atoms with Gasteiger partial charge in [0, 0.05) is 24.7 Å². The number of benzene rings is 1. The molecule has 2 unspecified atom stereocenters. The molecule has 3 nitrogen and oxygen atoms in total. The van der Waals surface area contributed by atoms with E-state index in [9.17, 15) is 9.18 Å². The molecule has 0 spiro atoms. The van der Waals surface area contributed by atoms with Crippen LogP contribution in [-0.4, -0.2) is 37.0 Å². The number of aryl methyl sites for hydroxylation is 1. The van der Waals surface area contributed by atoms with Crippen LogP contribution >= 0.6 is 0 Å².